The molecule has 0 radical (unpaired) electrons. The Hall–Kier alpha value is -1.36. The highest BCUT2D eigenvalue weighted by atomic mass is 16.5. The minimum absolute atomic E-state index is 0.202. The number of nitrogens with one attached hydrogen (secondary N) is 1. The lowest BCUT2D eigenvalue weighted by molar-refractivity contribution is 0.0513. The summed E-state index contributed by atoms with van der Waals surface area (Å²) in [6, 6.07) is 0. The van der Waals surface area contributed by atoms with Crippen molar-refractivity contribution in [3.05, 3.63) is 17.2 Å². The van der Waals surface area contributed by atoms with E-state index in [4.69, 9.17) is 4.74 Å². The summed E-state index contributed by atoms with van der Waals surface area (Å²) in [5.74, 6) is 0.244. The van der Waals surface area contributed by atoms with Crippen LogP contribution < -0.4 is 0 Å². The second kappa shape index (κ2) is 6.39. The zero-order chi connectivity index (χ0) is 12.8. The molecule has 0 aliphatic carbocycles. The number of aliphatic hydroxyl groups is 1. The summed E-state index contributed by atoms with van der Waals surface area (Å²) < 4.78 is 4.90. The molecular formula is C12H20N2O3. The van der Waals surface area contributed by atoms with Gasteiger partial charge < -0.3 is 14.8 Å². The van der Waals surface area contributed by atoms with Crippen LogP contribution in [0.5, 0.6) is 0 Å². The predicted octanol–water partition coefficient (Wildman–Crippen LogP) is 1.98. The van der Waals surface area contributed by atoms with Crippen LogP contribution in [0.2, 0.25) is 0 Å². The average molecular weight is 240 g/mol. The van der Waals surface area contributed by atoms with E-state index in [-0.39, 0.29) is 5.69 Å². The highest BCUT2D eigenvalue weighted by Gasteiger charge is 2.21. The van der Waals surface area contributed by atoms with Crippen LogP contribution in [-0.2, 0) is 11.2 Å². The Labute approximate surface area is 101 Å². The molecule has 1 heterocycles. The zero-order valence-electron chi connectivity index (χ0n) is 10.6. The number of carbonyl (C=O) groups is 1. The molecule has 2 N–H and O–H groups in total. The van der Waals surface area contributed by atoms with E-state index in [1.54, 1.807) is 13.8 Å². The van der Waals surface area contributed by atoms with Gasteiger partial charge >= 0.3 is 5.97 Å². The van der Waals surface area contributed by atoms with Gasteiger partial charge in [0, 0.05) is 6.42 Å². The fraction of sp³-hybridized carbons (Fsp3) is 0.667. The summed E-state index contributed by atoms with van der Waals surface area (Å²) in [7, 11) is 0. The standard InChI is InChI=1S/C12H20N2O3/c1-4-6-7-9-13-10(8(3)15)11(14-9)12(16)17-5-2/h8,15H,4-7H2,1-3H3,(H,13,14). The van der Waals surface area contributed by atoms with Crippen molar-refractivity contribution < 1.29 is 14.6 Å². The average Bonchev–Trinajstić information content (AvgIpc) is 2.71. The first kappa shape index (κ1) is 13.7. The van der Waals surface area contributed by atoms with E-state index < -0.39 is 12.1 Å². The Morgan fingerprint density at radius 3 is 2.76 bits per heavy atom. The summed E-state index contributed by atoms with van der Waals surface area (Å²) in [5, 5.41) is 9.58. The number of unbranched alkanes of at least 4 members (excludes halogenated alkanes) is 1. The van der Waals surface area contributed by atoms with Crippen molar-refractivity contribution in [3.8, 4) is 0 Å². The number of carbonyl (C=O) groups excluding carboxylic acids is 1. The lowest BCUT2D eigenvalue weighted by atomic mass is 10.2. The first-order valence-corrected chi connectivity index (χ1v) is 6.04. The Kier molecular flexibility index (Phi) is 5.15. The minimum atomic E-state index is -0.753. The highest BCUT2D eigenvalue weighted by molar-refractivity contribution is 5.88. The van der Waals surface area contributed by atoms with Crippen LogP contribution in [0.1, 0.15) is 61.7 Å². The molecule has 0 aromatic carbocycles. The lowest BCUT2D eigenvalue weighted by Gasteiger charge is -2.03. The van der Waals surface area contributed by atoms with Gasteiger partial charge in [0.05, 0.1) is 18.4 Å². The van der Waals surface area contributed by atoms with E-state index in [0.717, 1.165) is 25.1 Å². The Morgan fingerprint density at radius 1 is 1.53 bits per heavy atom. The third-order valence-corrected chi connectivity index (χ3v) is 2.43. The van der Waals surface area contributed by atoms with Gasteiger partial charge in [-0.1, -0.05) is 13.3 Å². The lowest BCUT2D eigenvalue weighted by Crippen LogP contribution is -2.09. The number of rotatable bonds is 6. The number of hydrogen-bond donors (Lipinski definition) is 2. The number of hydrogen-bond acceptors (Lipinski definition) is 4. The van der Waals surface area contributed by atoms with Gasteiger partial charge in [0.15, 0.2) is 5.69 Å². The topological polar surface area (TPSA) is 75.2 Å². The first-order chi connectivity index (χ1) is 8.10. The summed E-state index contributed by atoms with van der Waals surface area (Å²) in [6.07, 6.45) is 2.07. The molecule has 0 fully saturated rings. The predicted molar refractivity (Wildman–Crippen MR) is 63.8 cm³/mol. The molecule has 17 heavy (non-hydrogen) atoms. The van der Waals surface area contributed by atoms with Crippen molar-refractivity contribution in [2.24, 2.45) is 0 Å². The number of aliphatic hydroxyl groups excluding tert-OH is 1. The number of aryl methyl sites for hydroxylation is 1. The monoisotopic (exact) mass is 240 g/mol. The van der Waals surface area contributed by atoms with E-state index in [2.05, 4.69) is 16.9 Å². The smallest absolute Gasteiger partial charge is 0.358 e. The molecule has 0 aliphatic heterocycles. The highest BCUT2D eigenvalue weighted by Crippen LogP contribution is 2.17. The number of imidazole rings is 1. The third-order valence-electron chi connectivity index (χ3n) is 2.43. The van der Waals surface area contributed by atoms with Crippen molar-refractivity contribution in [1.29, 1.82) is 0 Å². The molecule has 1 aromatic heterocycles. The normalized spacial score (nSPS) is 12.5. The second-order valence-corrected chi connectivity index (χ2v) is 3.95. The van der Waals surface area contributed by atoms with Gasteiger partial charge in [-0.15, -0.1) is 0 Å². The van der Waals surface area contributed by atoms with Gasteiger partial charge in [-0.05, 0) is 20.3 Å². The van der Waals surface area contributed by atoms with Crippen LogP contribution in [-0.4, -0.2) is 27.7 Å². The Balaban J connectivity index is 2.92. The largest absolute Gasteiger partial charge is 0.461 e. The molecule has 0 saturated carbocycles. The number of ether oxygens (including phenoxy) is 1. The Bertz CT molecular complexity index is 372. The van der Waals surface area contributed by atoms with Gasteiger partial charge in [-0.3, -0.25) is 0 Å². The number of aromatic amines is 1. The molecule has 0 spiro atoms. The fourth-order valence-electron chi connectivity index (χ4n) is 1.56. The summed E-state index contributed by atoms with van der Waals surface area (Å²) in [4.78, 5) is 18.8. The molecule has 1 unspecified atom stereocenters. The maximum absolute atomic E-state index is 11.6. The summed E-state index contributed by atoms with van der Waals surface area (Å²) >= 11 is 0. The summed E-state index contributed by atoms with van der Waals surface area (Å²) in [6.45, 7) is 5.73. The molecule has 1 aromatic rings. The molecule has 0 bridgehead atoms. The van der Waals surface area contributed by atoms with E-state index in [0.29, 0.717) is 12.3 Å². The van der Waals surface area contributed by atoms with Crippen LogP contribution in [0.25, 0.3) is 0 Å². The van der Waals surface area contributed by atoms with E-state index in [1.165, 1.54) is 0 Å². The third kappa shape index (κ3) is 3.56. The molecule has 1 rings (SSSR count). The number of H-pyrrole nitrogens is 1. The molecule has 96 valence electrons. The van der Waals surface area contributed by atoms with Crippen molar-refractivity contribution >= 4 is 5.97 Å². The van der Waals surface area contributed by atoms with E-state index >= 15 is 0 Å². The van der Waals surface area contributed by atoms with Gasteiger partial charge in [0.2, 0.25) is 0 Å². The van der Waals surface area contributed by atoms with Gasteiger partial charge in [0.1, 0.15) is 5.82 Å². The van der Waals surface area contributed by atoms with Gasteiger partial charge in [-0.25, -0.2) is 9.78 Å². The molecule has 0 aliphatic rings. The molecule has 0 amide bonds. The fourth-order valence-corrected chi connectivity index (χ4v) is 1.56. The van der Waals surface area contributed by atoms with Crippen molar-refractivity contribution in [3.63, 3.8) is 0 Å². The van der Waals surface area contributed by atoms with Crippen LogP contribution in [0.4, 0.5) is 0 Å². The summed E-state index contributed by atoms with van der Waals surface area (Å²) in [5.41, 5.74) is 0.641. The van der Waals surface area contributed by atoms with Crippen molar-refractivity contribution in [2.75, 3.05) is 6.61 Å². The first-order valence-electron chi connectivity index (χ1n) is 6.04. The Morgan fingerprint density at radius 2 is 2.24 bits per heavy atom. The van der Waals surface area contributed by atoms with Gasteiger partial charge in [-0.2, -0.15) is 0 Å². The second-order valence-electron chi connectivity index (χ2n) is 3.95. The molecule has 0 saturated heterocycles. The molecule has 5 nitrogen and oxygen atoms in total. The number of nitrogens with zero attached hydrogens (tertiary/aromatic N) is 1. The van der Waals surface area contributed by atoms with Crippen LogP contribution in [0.3, 0.4) is 0 Å². The van der Waals surface area contributed by atoms with Crippen LogP contribution in [0.15, 0.2) is 0 Å². The van der Waals surface area contributed by atoms with Crippen molar-refractivity contribution in [1.82, 2.24) is 9.97 Å². The molecule has 1 atom stereocenters. The maximum Gasteiger partial charge on any atom is 0.358 e. The van der Waals surface area contributed by atoms with E-state index in [1.807, 2.05) is 0 Å². The molecule has 5 heteroatoms. The SMILES string of the molecule is CCCCc1nc(C(=O)OCC)c(C(C)O)[nH]1. The maximum atomic E-state index is 11.6. The number of aromatic nitrogens is 2. The minimum Gasteiger partial charge on any atom is -0.461 e. The molecular weight excluding hydrogens is 220 g/mol. The van der Waals surface area contributed by atoms with E-state index in [9.17, 15) is 9.90 Å². The van der Waals surface area contributed by atoms with Crippen LogP contribution >= 0.6 is 0 Å². The number of esters is 1. The van der Waals surface area contributed by atoms with Crippen molar-refractivity contribution in [2.45, 2.75) is 46.1 Å². The zero-order valence-corrected chi connectivity index (χ0v) is 10.6. The van der Waals surface area contributed by atoms with Crippen LogP contribution in [0, 0.1) is 0 Å². The quantitative estimate of drug-likeness (QED) is 0.745. The van der Waals surface area contributed by atoms with Gasteiger partial charge in [0.25, 0.3) is 0 Å².